The lowest BCUT2D eigenvalue weighted by molar-refractivity contribution is 0.647. The summed E-state index contributed by atoms with van der Waals surface area (Å²) in [7, 11) is 0. The first-order chi connectivity index (χ1) is 3.34. The van der Waals surface area contributed by atoms with E-state index in [0.29, 0.717) is 5.92 Å². The summed E-state index contributed by atoms with van der Waals surface area (Å²) < 4.78 is 0. The Morgan fingerprint density at radius 3 is 2.43 bits per heavy atom. The van der Waals surface area contributed by atoms with E-state index in [4.69, 9.17) is 0 Å². The third kappa shape index (κ3) is 0.981. The van der Waals surface area contributed by atoms with Crippen molar-refractivity contribution in [3.8, 4) is 0 Å². The van der Waals surface area contributed by atoms with Gasteiger partial charge < -0.3 is 0 Å². The molecule has 1 atom stereocenters. The summed E-state index contributed by atoms with van der Waals surface area (Å²) in [6.45, 7) is 1.88. The van der Waals surface area contributed by atoms with Crippen molar-refractivity contribution in [2.45, 2.75) is 25.8 Å². The molecular formula is C5H9NO. The topological polar surface area (TPSA) is 29.4 Å². The normalized spacial score (nSPS) is 24.1. The fraction of sp³-hybridized carbons (Fsp3) is 1.00. The molecule has 1 aliphatic carbocycles. The van der Waals surface area contributed by atoms with Gasteiger partial charge in [0.05, 0.1) is 6.04 Å². The van der Waals surface area contributed by atoms with Crippen molar-refractivity contribution in [3.63, 3.8) is 0 Å². The van der Waals surface area contributed by atoms with Gasteiger partial charge in [0, 0.05) is 0 Å². The highest BCUT2D eigenvalue weighted by molar-refractivity contribution is 4.82. The molecule has 0 saturated heterocycles. The summed E-state index contributed by atoms with van der Waals surface area (Å²) in [5.74, 6) is 0.637. The van der Waals surface area contributed by atoms with Crippen LogP contribution in [-0.4, -0.2) is 6.04 Å². The van der Waals surface area contributed by atoms with Gasteiger partial charge in [-0.2, -0.15) is 4.91 Å². The molecule has 1 rings (SSSR count). The summed E-state index contributed by atoms with van der Waals surface area (Å²) in [6, 6.07) is 0.0833. The molecule has 7 heavy (non-hydrogen) atoms. The molecule has 40 valence electrons. The predicted molar refractivity (Wildman–Crippen MR) is 28.0 cm³/mol. The van der Waals surface area contributed by atoms with Crippen molar-refractivity contribution in [1.82, 2.24) is 0 Å². The van der Waals surface area contributed by atoms with Crippen LogP contribution in [0.5, 0.6) is 0 Å². The van der Waals surface area contributed by atoms with Gasteiger partial charge >= 0.3 is 0 Å². The van der Waals surface area contributed by atoms with Crippen LogP contribution in [0.1, 0.15) is 19.8 Å². The van der Waals surface area contributed by atoms with E-state index in [1.54, 1.807) is 0 Å². The Morgan fingerprint density at radius 1 is 1.71 bits per heavy atom. The molecule has 1 unspecified atom stereocenters. The molecule has 0 radical (unpaired) electrons. The van der Waals surface area contributed by atoms with Crippen LogP contribution in [0.25, 0.3) is 0 Å². The molecule has 1 aliphatic rings. The van der Waals surface area contributed by atoms with Crippen LogP contribution >= 0.6 is 0 Å². The number of hydrogen-bond acceptors (Lipinski definition) is 2. The highest BCUT2D eigenvalue weighted by Crippen LogP contribution is 2.33. The maximum absolute atomic E-state index is 9.74. The minimum Gasteiger partial charge on any atom is -0.151 e. The van der Waals surface area contributed by atoms with E-state index >= 15 is 0 Å². The molecule has 0 aromatic rings. The van der Waals surface area contributed by atoms with Gasteiger partial charge in [-0.15, -0.1) is 0 Å². The lowest BCUT2D eigenvalue weighted by Gasteiger charge is -1.91. The second-order valence-corrected chi connectivity index (χ2v) is 2.18. The van der Waals surface area contributed by atoms with Gasteiger partial charge in [-0.3, -0.25) is 0 Å². The van der Waals surface area contributed by atoms with Crippen LogP contribution in [0.15, 0.2) is 5.18 Å². The second-order valence-electron chi connectivity index (χ2n) is 2.18. The van der Waals surface area contributed by atoms with Crippen LogP contribution in [-0.2, 0) is 0 Å². The molecule has 0 N–H and O–H groups in total. The third-order valence-corrected chi connectivity index (χ3v) is 1.47. The van der Waals surface area contributed by atoms with E-state index in [1.807, 2.05) is 6.92 Å². The third-order valence-electron chi connectivity index (χ3n) is 1.47. The van der Waals surface area contributed by atoms with Crippen molar-refractivity contribution in [2.75, 3.05) is 0 Å². The van der Waals surface area contributed by atoms with Crippen LogP contribution in [0.3, 0.4) is 0 Å². The molecule has 1 fully saturated rings. The lowest BCUT2D eigenvalue weighted by atomic mass is 10.2. The quantitative estimate of drug-likeness (QED) is 0.483. The molecule has 0 heterocycles. The molecule has 0 aromatic heterocycles. The summed E-state index contributed by atoms with van der Waals surface area (Å²) >= 11 is 0. The Labute approximate surface area is 42.9 Å². The van der Waals surface area contributed by atoms with E-state index in [2.05, 4.69) is 5.18 Å². The molecule has 0 bridgehead atoms. The van der Waals surface area contributed by atoms with Gasteiger partial charge in [-0.25, -0.2) is 0 Å². The SMILES string of the molecule is CC(N=O)C1CC1. The number of hydrogen-bond donors (Lipinski definition) is 0. The average Bonchev–Trinajstić information content (AvgIpc) is 2.44. The zero-order valence-electron chi connectivity index (χ0n) is 4.42. The largest absolute Gasteiger partial charge is 0.151 e. The van der Waals surface area contributed by atoms with Crippen molar-refractivity contribution in [1.29, 1.82) is 0 Å². The van der Waals surface area contributed by atoms with Crippen molar-refractivity contribution < 1.29 is 0 Å². The van der Waals surface area contributed by atoms with Crippen molar-refractivity contribution in [3.05, 3.63) is 4.91 Å². The Bertz CT molecular complexity index is 78.1. The van der Waals surface area contributed by atoms with Crippen molar-refractivity contribution >= 4 is 0 Å². The van der Waals surface area contributed by atoms with E-state index in [1.165, 1.54) is 12.8 Å². The molecule has 1 saturated carbocycles. The molecule has 0 aromatic carbocycles. The minimum absolute atomic E-state index is 0.0833. The van der Waals surface area contributed by atoms with Crippen LogP contribution in [0.2, 0.25) is 0 Å². The first-order valence-electron chi connectivity index (χ1n) is 2.67. The van der Waals surface area contributed by atoms with Crippen molar-refractivity contribution in [2.24, 2.45) is 11.1 Å². The Morgan fingerprint density at radius 2 is 2.29 bits per heavy atom. The highest BCUT2D eigenvalue weighted by Gasteiger charge is 2.28. The summed E-state index contributed by atoms with van der Waals surface area (Å²) in [6.07, 6.45) is 2.43. The van der Waals surface area contributed by atoms with Gasteiger partial charge in [0.15, 0.2) is 0 Å². The molecule has 0 amide bonds. The Balaban J connectivity index is 2.22. The molecule has 0 spiro atoms. The number of nitroso groups, excluding NO2 is 1. The minimum atomic E-state index is 0.0833. The molecule has 2 nitrogen and oxygen atoms in total. The summed E-state index contributed by atoms with van der Waals surface area (Å²) in [4.78, 5) is 9.74. The van der Waals surface area contributed by atoms with Crippen LogP contribution < -0.4 is 0 Å². The molecule has 0 aliphatic heterocycles. The summed E-state index contributed by atoms with van der Waals surface area (Å²) in [5, 5.41) is 2.90. The fourth-order valence-corrected chi connectivity index (χ4v) is 0.665. The maximum atomic E-state index is 9.74. The van der Waals surface area contributed by atoms with Gasteiger partial charge in [0.2, 0.25) is 0 Å². The molecular weight excluding hydrogens is 90.1 g/mol. The number of rotatable bonds is 2. The number of nitrogens with zero attached hydrogens (tertiary/aromatic N) is 1. The van der Waals surface area contributed by atoms with E-state index in [0.717, 1.165) is 0 Å². The van der Waals surface area contributed by atoms with Gasteiger partial charge in [0.25, 0.3) is 0 Å². The smallest absolute Gasteiger partial charge is 0.0919 e. The second kappa shape index (κ2) is 1.60. The zero-order chi connectivity index (χ0) is 5.28. The lowest BCUT2D eigenvalue weighted by Crippen LogP contribution is -1.96. The van der Waals surface area contributed by atoms with Crippen LogP contribution in [0, 0.1) is 10.8 Å². The van der Waals surface area contributed by atoms with E-state index in [9.17, 15) is 4.91 Å². The van der Waals surface area contributed by atoms with Crippen LogP contribution in [0.4, 0.5) is 0 Å². The highest BCUT2D eigenvalue weighted by atomic mass is 16.3. The average molecular weight is 99.1 g/mol. The van der Waals surface area contributed by atoms with Gasteiger partial charge in [0.1, 0.15) is 0 Å². The molecule has 2 heteroatoms. The van der Waals surface area contributed by atoms with Gasteiger partial charge in [-0.1, -0.05) is 5.18 Å². The monoisotopic (exact) mass is 99.1 g/mol. The predicted octanol–water partition coefficient (Wildman–Crippen LogP) is 1.55. The zero-order valence-corrected chi connectivity index (χ0v) is 4.42. The Hall–Kier alpha value is -0.400. The summed E-state index contributed by atoms with van der Waals surface area (Å²) in [5.41, 5.74) is 0. The Kier molecular flexibility index (Phi) is 1.09. The van der Waals surface area contributed by atoms with E-state index in [-0.39, 0.29) is 6.04 Å². The first-order valence-corrected chi connectivity index (χ1v) is 2.67. The maximum Gasteiger partial charge on any atom is 0.0919 e. The fourth-order valence-electron chi connectivity index (χ4n) is 0.665. The first kappa shape index (κ1) is 4.75. The van der Waals surface area contributed by atoms with E-state index < -0.39 is 0 Å². The van der Waals surface area contributed by atoms with Gasteiger partial charge in [-0.05, 0) is 25.7 Å². The standard InChI is InChI=1S/C5H9NO/c1-4(6-7)5-2-3-5/h4-5H,2-3H2,1H3.